The number of ether oxygens (including phenoxy) is 2. The number of rotatable bonds is 0. The molecule has 0 bridgehead atoms. The summed E-state index contributed by atoms with van der Waals surface area (Å²) in [6.45, 7) is 0.743. The number of hydrogen-bond donors (Lipinski definition) is 0. The second-order valence-electron chi connectivity index (χ2n) is 6.25. The number of cyclic esters (lactones) is 2. The maximum Gasteiger partial charge on any atom is 0.330 e. The van der Waals surface area contributed by atoms with Gasteiger partial charge in [0.2, 0.25) is 0 Å². The third-order valence-electron chi connectivity index (χ3n) is 4.03. The fraction of sp³-hybridized carbons (Fsp3) is 0.700. The monoisotopic (exact) mass is 336 g/mol. The summed E-state index contributed by atoms with van der Waals surface area (Å²) < 4.78 is 10.2. The first kappa shape index (κ1) is 20.5. The SMILES string of the molecule is O=C1C=CCCCCCCCCCCC=CC(=O)OCCCCO1. The molecule has 0 fully saturated rings. The van der Waals surface area contributed by atoms with Gasteiger partial charge in [0.05, 0.1) is 13.2 Å². The van der Waals surface area contributed by atoms with Crippen molar-refractivity contribution < 1.29 is 19.1 Å². The molecule has 0 aromatic rings. The van der Waals surface area contributed by atoms with E-state index in [2.05, 4.69) is 0 Å². The zero-order chi connectivity index (χ0) is 17.3. The first-order chi connectivity index (χ1) is 11.8. The van der Waals surface area contributed by atoms with E-state index < -0.39 is 0 Å². The lowest BCUT2D eigenvalue weighted by molar-refractivity contribution is -0.140. The van der Waals surface area contributed by atoms with Gasteiger partial charge in [0, 0.05) is 12.2 Å². The van der Waals surface area contributed by atoms with Crippen LogP contribution in [0.15, 0.2) is 24.3 Å². The van der Waals surface area contributed by atoms with Crippen molar-refractivity contribution in [1.82, 2.24) is 0 Å². The topological polar surface area (TPSA) is 52.6 Å². The summed E-state index contributed by atoms with van der Waals surface area (Å²) in [6, 6.07) is 0. The van der Waals surface area contributed by atoms with E-state index in [1.54, 1.807) is 0 Å². The van der Waals surface area contributed by atoms with Crippen molar-refractivity contribution in [3.8, 4) is 0 Å². The average Bonchev–Trinajstić information content (AvgIpc) is 2.57. The molecule has 1 aliphatic rings. The predicted octanol–water partition coefficient (Wildman–Crippen LogP) is 4.88. The zero-order valence-electron chi connectivity index (χ0n) is 14.8. The molecule has 0 spiro atoms. The highest BCUT2D eigenvalue weighted by Crippen LogP contribution is 2.11. The van der Waals surface area contributed by atoms with Crippen LogP contribution in [-0.2, 0) is 19.1 Å². The molecular weight excluding hydrogens is 304 g/mol. The minimum Gasteiger partial charge on any atom is -0.463 e. The molecule has 0 saturated carbocycles. The minimum atomic E-state index is -0.280. The van der Waals surface area contributed by atoms with Gasteiger partial charge < -0.3 is 9.47 Å². The molecule has 0 unspecified atom stereocenters. The molecule has 1 aliphatic heterocycles. The van der Waals surface area contributed by atoms with Gasteiger partial charge in [0.1, 0.15) is 0 Å². The quantitative estimate of drug-likeness (QED) is 0.592. The Kier molecular flexibility index (Phi) is 12.8. The minimum absolute atomic E-state index is 0.280. The standard InChI is InChI=1S/C20H32O4/c21-19-15-11-9-7-5-3-1-2-4-6-8-10-12-16-20(22)24-18-14-13-17-23-19/h11-12,15-16H,1-10,13-14,17-18H2. The Morgan fingerprint density at radius 3 is 1.33 bits per heavy atom. The van der Waals surface area contributed by atoms with E-state index in [1.165, 1.54) is 50.7 Å². The fourth-order valence-electron chi connectivity index (χ4n) is 2.59. The van der Waals surface area contributed by atoms with Gasteiger partial charge in [-0.15, -0.1) is 0 Å². The van der Waals surface area contributed by atoms with Crippen LogP contribution in [0.4, 0.5) is 0 Å². The van der Waals surface area contributed by atoms with Gasteiger partial charge in [-0.2, -0.15) is 0 Å². The number of hydrogen-bond acceptors (Lipinski definition) is 4. The Balaban J connectivity index is 2.27. The summed E-state index contributed by atoms with van der Waals surface area (Å²) in [5.74, 6) is -0.561. The molecule has 1 heterocycles. The smallest absolute Gasteiger partial charge is 0.330 e. The van der Waals surface area contributed by atoms with Crippen molar-refractivity contribution in [2.24, 2.45) is 0 Å². The summed E-state index contributed by atoms with van der Waals surface area (Å²) in [7, 11) is 0. The van der Waals surface area contributed by atoms with Crippen LogP contribution < -0.4 is 0 Å². The molecule has 0 N–H and O–H groups in total. The maximum atomic E-state index is 11.5. The van der Waals surface area contributed by atoms with Crippen LogP contribution in [0, 0.1) is 0 Å². The van der Waals surface area contributed by atoms with E-state index in [4.69, 9.17) is 9.47 Å². The Morgan fingerprint density at radius 1 is 0.542 bits per heavy atom. The van der Waals surface area contributed by atoms with Crippen LogP contribution in [0.25, 0.3) is 0 Å². The second kappa shape index (κ2) is 15.0. The Morgan fingerprint density at radius 2 is 0.917 bits per heavy atom. The lowest BCUT2D eigenvalue weighted by Crippen LogP contribution is -2.06. The number of allylic oxidation sites excluding steroid dienone is 2. The van der Waals surface area contributed by atoms with E-state index >= 15 is 0 Å². The van der Waals surface area contributed by atoms with Crippen LogP contribution in [-0.4, -0.2) is 25.2 Å². The molecule has 0 atom stereocenters. The van der Waals surface area contributed by atoms with Crippen LogP contribution in [0.2, 0.25) is 0 Å². The van der Waals surface area contributed by atoms with Crippen molar-refractivity contribution in [3.05, 3.63) is 24.3 Å². The molecule has 0 aromatic carbocycles. The number of carbonyl (C=O) groups excluding carboxylic acids is 2. The molecule has 136 valence electrons. The second-order valence-corrected chi connectivity index (χ2v) is 6.25. The molecule has 1 rings (SSSR count). The highest BCUT2D eigenvalue weighted by atomic mass is 16.5. The summed E-state index contributed by atoms with van der Waals surface area (Å²) >= 11 is 0. The van der Waals surface area contributed by atoms with Crippen LogP contribution >= 0.6 is 0 Å². The van der Waals surface area contributed by atoms with Gasteiger partial charge in [-0.05, 0) is 38.5 Å². The van der Waals surface area contributed by atoms with Gasteiger partial charge in [-0.25, -0.2) is 9.59 Å². The number of carbonyl (C=O) groups is 2. The Hall–Kier alpha value is -1.58. The average molecular weight is 336 g/mol. The molecule has 0 aliphatic carbocycles. The van der Waals surface area contributed by atoms with Gasteiger partial charge in [-0.3, -0.25) is 0 Å². The largest absolute Gasteiger partial charge is 0.463 e. The van der Waals surface area contributed by atoms with Gasteiger partial charge in [-0.1, -0.05) is 50.7 Å². The van der Waals surface area contributed by atoms with Gasteiger partial charge >= 0.3 is 11.9 Å². The van der Waals surface area contributed by atoms with E-state index in [1.807, 2.05) is 12.2 Å². The molecule has 0 amide bonds. The summed E-state index contributed by atoms with van der Waals surface area (Å²) in [5, 5.41) is 0. The highest BCUT2D eigenvalue weighted by Gasteiger charge is 1.99. The van der Waals surface area contributed by atoms with E-state index in [0.717, 1.165) is 25.7 Å². The van der Waals surface area contributed by atoms with Crippen molar-refractivity contribution >= 4 is 11.9 Å². The molecule has 0 aromatic heterocycles. The number of esters is 2. The van der Waals surface area contributed by atoms with E-state index in [9.17, 15) is 9.59 Å². The van der Waals surface area contributed by atoms with Crippen LogP contribution in [0.3, 0.4) is 0 Å². The van der Waals surface area contributed by atoms with Gasteiger partial charge in [0.25, 0.3) is 0 Å². The normalized spacial score (nSPS) is 21.2. The summed E-state index contributed by atoms with van der Waals surface area (Å²) in [4.78, 5) is 23.0. The molecule has 4 heteroatoms. The van der Waals surface area contributed by atoms with Gasteiger partial charge in [0.15, 0.2) is 0 Å². The molecule has 0 saturated heterocycles. The molecule has 0 radical (unpaired) electrons. The predicted molar refractivity (Wildman–Crippen MR) is 95.6 cm³/mol. The van der Waals surface area contributed by atoms with E-state index in [-0.39, 0.29) is 11.9 Å². The lowest BCUT2D eigenvalue weighted by atomic mass is 10.1. The van der Waals surface area contributed by atoms with Crippen molar-refractivity contribution in [1.29, 1.82) is 0 Å². The maximum absolute atomic E-state index is 11.5. The molecule has 24 heavy (non-hydrogen) atoms. The van der Waals surface area contributed by atoms with Crippen molar-refractivity contribution in [2.75, 3.05) is 13.2 Å². The first-order valence-corrected chi connectivity index (χ1v) is 9.45. The Bertz CT molecular complexity index is 360. The van der Waals surface area contributed by atoms with Crippen LogP contribution in [0.5, 0.6) is 0 Å². The lowest BCUT2D eigenvalue weighted by Gasteiger charge is -2.04. The van der Waals surface area contributed by atoms with Crippen LogP contribution in [0.1, 0.15) is 77.0 Å². The van der Waals surface area contributed by atoms with Crippen molar-refractivity contribution in [2.45, 2.75) is 77.0 Å². The third-order valence-corrected chi connectivity index (χ3v) is 4.03. The highest BCUT2D eigenvalue weighted by molar-refractivity contribution is 5.82. The summed E-state index contributed by atoms with van der Waals surface area (Å²) in [6.07, 6.45) is 20.0. The van der Waals surface area contributed by atoms with Crippen molar-refractivity contribution in [3.63, 3.8) is 0 Å². The first-order valence-electron chi connectivity index (χ1n) is 9.45. The molecular formula is C20H32O4. The fourth-order valence-corrected chi connectivity index (χ4v) is 2.59. The summed E-state index contributed by atoms with van der Waals surface area (Å²) in [5.41, 5.74) is 0. The molecule has 4 nitrogen and oxygen atoms in total. The Labute approximate surface area is 146 Å². The van der Waals surface area contributed by atoms with E-state index in [0.29, 0.717) is 26.1 Å². The third kappa shape index (κ3) is 12.9. The zero-order valence-corrected chi connectivity index (χ0v) is 14.8.